The number of fused-ring (bicyclic) bond motifs is 2. The lowest BCUT2D eigenvalue weighted by Gasteiger charge is -2.31. The highest BCUT2D eigenvalue weighted by molar-refractivity contribution is 6.10. The van der Waals surface area contributed by atoms with Gasteiger partial charge in [0.1, 0.15) is 6.23 Å². The van der Waals surface area contributed by atoms with Crippen LogP contribution in [0.1, 0.15) is 37.7 Å². The molecule has 1 spiro atoms. The number of hydrogen-bond acceptors (Lipinski definition) is 2. The molecule has 2 fully saturated rings. The van der Waals surface area contributed by atoms with Gasteiger partial charge in [0, 0.05) is 6.61 Å². The second-order valence-electron chi connectivity index (χ2n) is 5.60. The lowest BCUT2D eigenvalue weighted by Crippen LogP contribution is -2.43. The van der Waals surface area contributed by atoms with Crippen LogP contribution < -0.4 is 4.90 Å². The number of carbonyl (C=O) groups excluding carboxylic acids is 1. The second-order valence-corrected chi connectivity index (χ2v) is 5.60. The molecule has 3 nitrogen and oxygen atoms in total. The molecule has 4 rings (SSSR count). The Bertz CT molecular complexity index is 501. The van der Waals surface area contributed by atoms with Crippen molar-refractivity contribution < 1.29 is 9.53 Å². The quantitative estimate of drug-likeness (QED) is 0.758. The third kappa shape index (κ3) is 1.25. The molecule has 0 bridgehead atoms. The van der Waals surface area contributed by atoms with Gasteiger partial charge in [-0.1, -0.05) is 18.2 Å². The predicted octanol–water partition coefficient (Wildman–Crippen LogP) is 2.59. The molecule has 1 atom stereocenters. The topological polar surface area (TPSA) is 29.5 Å². The summed E-state index contributed by atoms with van der Waals surface area (Å²) in [5.41, 5.74) is 2.13. The van der Waals surface area contributed by atoms with E-state index in [0.29, 0.717) is 0 Å². The van der Waals surface area contributed by atoms with Crippen LogP contribution in [0.15, 0.2) is 24.3 Å². The van der Waals surface area contributed by atoms with Crippen molar-refractivity contribution in [2.24, 2.45) is 0 Å². The average Bonchev–Trinajstić information content (AvgIpc) is 3.18. The van der Waals surface area contributed by atoms with E-state index in [1.165, 1.54) is 5.56 Å². The summed E-state index contributed by atoms with van der Waals surface area (Å²) in [5.74, 6) is 0.274. The number of benzene rings is 1. The van der Waals surface area contributed by atoms with E-state index < -0.39 is 0 Å². The number of carbonyl (C=O) groups is 1. The largest absolute Gasteiger partial charge is 0.358 e. The maximum absolute atomic E-state index is 12.7. The van der Waals surface area contributed by atoms with Crippen LogP contribution in [0.5, 0.6) is 0 Å². The van der Waals surface area contributed by atoms with Crippen LogP contribution in [0.3, 0.4) is 0 Å². The third-order valence-electron chi connectivity index (χ3n) is 4.50. The van der Waals surface area contributed by atoms with E-state index in [0.717, 1.165) is 44.4 Å². The van der Waals surface area contributed by atoms with E-state index in [-0.39, 0.29) is 17.6 Å². The molecule has 1 saturated carbocycles. The van der Waals surface area contributed by atoms with Crippen molar-refractivity contribution >= 4 is 11.6 Å². The Kier molecular flexibility index (Phi) is 2.10. The number of ether oxygens (including phenoxy) is 1. The molecule has 0 N–H and O–H groups in total. The van der Waals surface area contributed by atoms with Crippen LogP contribution in [0.2, 0.25) is 0 Å². The summed E-state index contributed by atoms with van der Waals surface area (Å²) in [7, 11) is 0. The van der Waals surface area contributed by atoms with E-state index in [4.69, 9.17) is 4.74 Å². The van der Waals surface area contributed by atoms with Gasteiger partial charge in [-0.25, -0.2) is 0 Å². The van der Waals surface area contributed by atoms with Crippen molar-refractivity contribution in [1.29, 1.82) is 0 Å². The highest BCUT2D eigenvalue weighted by Crippen LogP contribution is 2.57. The molecule has 1 unspecified atom stereocenters. The molecular weight excluding hydrogens is 226 g/mol. The van der Waals surface area contributed by atoms with Crippen LogP contribution >= 0.6 is 0 Å². The van der Waals surface area contributed by atoms with Crippen LogP contribution in [-0.2, 0) is 14.9 Å². The van der Waals surface area contributed by atoms with Gasteiger partial charge < -0.3 is 4.74 Å². The third-order valence-corrected chi connectivity index (χ3v) is 4.50. The summed E-state index contributed by atoms with van der Waals surface area (Å²) in [5, 5.41) is 0. The van der Waals surface area contributed by atoms with Crippen molar-refractivity contribution in [2.45, 2.75) is 43.7 Å². The second kappa shape index (κ2) is 3.58. The zero-order chi connectivity index (χ0) is 12.2. The molecule has 3 heteroatoms. The van der Waals surface area contributed by atoms with Crippen LogP contribution in [0.4, 0.5) is 5.69 Å². The predicted molar refractivity (Wildman–Crippen MR) is 68.4 cm³/mol. The number of hydrogen-bond donors (Lipinski definition) is 0. The molecule has 0 radical (unpaired) electrons. The van der Waals surface area contributed by atoms with Crippen molar-refractivity contribution in [2.75, 3.05) is 11.5 Å². The van der Waals surface area contributed by atoms with Gasteiger partial charge in [-0.15, -0.1) is 0 Å². The Morgan fingerprint density at radius 1 is 1.22 bits per heavy atom. The minimum atomic E-state index is -0.183. The molecule has 1 saturated heterocycles. The van der Waals surface area contributed by atoms with Crippen LogP contribution in [0, 0.1) is 0 Å². The number of rotatable bonds is 1. The first-order valence-corrected chi connectivity index (χ1v) is 6.88. The van der Waals surface area contributed by atoms with Gasteiger partial charge in [0.15, 0.2) is 0 Å². The van der Waals surface area contributed by atoms with Gasteiger partial charge >= 0.3 is 0 Å². The summed E-state index contributed by atoms with van der Waals surface area (Å²) in [6.45, 7) is 0.781. The minimum absolute atomic E-state index is 0.0348. The van der Waals surface area contributed by atoms with E-state index >= 15 is 0 Å². The molecule has 1 amide bonds. The first kappa shape index (κ1) is 10.6. The minimum Gasteiger partial charge on any atom is -0.358 e. The number of nitrogens with zero attached hydrogens (tertiary/aromatic N) is 1. The lowest BCUT2D eigenvalue weighted by atomic mass is 9.98. The summed E-state index contributed by atoms with van der Waals surface area (Å²) in [6, 6.07) is 8.24. The average molecular weight is 243 g/mol. The smallest absolute Gasteiger partial charge is 0.239 e. The van der Waals surface area contributed by atoms with Crippen LogP contribution in [-0.4, -0.2) is 18.7 Å². The van der Waals surface area contributed by atoms with Crippen molar-refractivity contribution in [1.82, 2.24) is 0 Å². The summed E-state index contributed by atoms with van der Waals surface area (Å²) in [4.78, 5) is 14.6. The Hall–Kier alpha value is -1.35. The van der Waals surface area contributed by atoms with E-state index in [1.54, 1.807) is 0 Å². The molecule has 2 aliphatic heterocycles. The van der Waals surface area contributed by atoms with Gasteiger partial charge in [0.25, 0.3) is 0 Å². The zero-order valence-electron chi connectivity index (χ0n) is 10.4. The molecule has 1 aliphatic carbocycles. The summed E-state index contributed by atoms with van der Waals surface area (Å²) < 4.78 is 5.82. The van der Waals surface area contributed by atoms with Gasteiger partial charge in [-0.05, 0) is 43.7 Å². The molecule has 94 valence electrons. The van der Waals surface area contributed by atoms with E-state index in [1.807, 2.05) is 17.0 Å². The van der Waals surface area contributed by atoms with E-state index in [9.17, 15) is 4.79 Å². The Morgan fingerprint density at radius 3 is 2.78 bits per heavy atom. The molecule has 1 aromatic carbocycles. The molecule has 0 aromatic heterocycles. The van der Waals surface area contributed by atoms with E-state index in [2.05, 4.69) is 12.1 Å². The summed E-state index contributed by atoms with van der Waals surface area (Å²) >= 11 is 0. The Balaban J connectivity index is 1.77. The Morgan fingerprint density at radius 2 is 2.06 bits per heavy atom. The Labute approximate surface area is 107 Å². The van der Waals surface area contributed by atoms with Gasteiger partial charge in [-0.2, -0.15) is 0 Å². The highest BCUT2D eigenvalue weighted by atomic mass is 16.5. The van der Waals surface area contributed by atoms with Crippen molar-refractivity contribution in [3.8, 4) is 0 Å². The zero-order valence-corrected chi connectivity index (χ0v) is 10.4. The van der Waals surface area contributed by atoms with Crippen LogP contribution in [0.25, 0.3) is 0 Å². The summed E-state index contributed by atoms with van der Waals surface area (Å²) in [6.07, 6.45) is 5.22. The molecule has 18 heavy (non-hydrogen) atoms. The van der Waals surface area contributed by atoms with Crippen molar-refractivity contribution in [3.63, 3.8) is 0 Å². The monoisotopic (exact) mass is 243 g/mol. The lowest BCUT2D eigenvalue weighted by molar-refractivity contribution is -0.123. The maximum Gasteiger partial charge on any atom is 0.239 e. The standard InChI is InChI=1S/C15H17NO2/c17-14-15(8-9-15)11-5-1-2-6-12(11)16(14)13-7-3-4-10-18-13/h1-2,5-6,13H,3-4,7-10H2. The molecule has 1 aromatic rings. The fraction of sp³-hybridized carbons (Fsp3) is 0.533. The SMILES string of the molecule is O=C1N(C2CCCCO2)c2ccccc2C12CC2. The molecule has 3 aliphatic rings. The maximum atomic E-state index is 12.7. The number of anilines is 1. The normalized spacial score (nSPS) is 28.6. The molecule has 2 heterocycles. The fourth-order valence-corrected chi connectivity index (χ4v) is 3.37. The fourth-order valence-electron chi connectivity index (χ4n) is 3.37. The first-order chi connectivity index (χ1) is 8.83. The first-order valence-electron chi connectivity index (χ1n) is 6.88. The molecular formula is C15H17NO2. The van der Waals surface area contributed by atoms with Gasteiger partial charge in [-0.3, -0.25) is 9.69 Å². The van der Waals surface area contributed by atoms with Gasteiger partial charge in [0.05, 0.1) is 11.1 Å². The van der Waals surface area contributed by atoms with Crippen molar-refractivity contribution in [3.05, 3.63) is 29.8 Å². The number of amides is 1. The highest BCUT2D eigenvalue weighted by Gasteiger charge is 2.60. The van der Waals surface area contributed by atoms with Gasteiger partial charge in [0.2, 0.25) is 5.91 Å². The number of para-hydroxylation sites is 1.